The van der Waals surface area contributed by atoms with E-state index in [2.05, 4.69) is 10.3 Å². The first kappa shape index (κ1) is 23.5. The molecule has 7 N–H and O–H groups in total. The Hall–Kier alpha value is -3.18. The molecule has 0 spiro atoms. The van der Waals surface area contributed by atoms with Crippen LogP contribution in [0.15, 0.2) is 41.0 Å². The summed E-state index contributed by atoms with van der Waals surface area (Å²) in [6.07, 6.45) is 2.39. The maximum atomic E-state index is 13.1. The van der Waals surface area contributed by atoms with Crippen LogP contribution in [0.2, 0.25) is 0 Å². The highest BCUT2D eigenvalue weighted by Gasteiger charge is 2.31. The zero-order valence-corrected chi connectivity index (χ0v) is 17.7. The molecule has 2 aliphatic heterocycles. The number of rotatable bonds is 8. The van der Waals surface area contributed by atoms with Crippen molar-refractivity contribution >= 4 is 23.5 Å². The van der Waals surface area contributed by atoms with Gasteiger partial charge in [0, 0.05) is 31.9 Å². The Labute approximate surface area is 185 Å². The first-order chi connectivity index (χ1) is 15.4. The summed E-state index contributed by atoms with van der Waals surface area (Å²) in [4.78, 5) is 29.9. The summed E-state index contributed by atoms with van der Waals surface area (Å²) in [7, 11) is 0. The Kier molecular flexibility index (Phi) is 8.01. The number of carbonyl (C=O) groups is 2. The smallest absolute Gasteiger partial charge is 0.410 e. The largest absolute Gasteiger partial charge is 0.441 e. The molecule has 174 valence electrons. The molecular formula is C21H29FN6O4. The molecular weight excluding hydrogens is 419 g/mol. The Morgan fingerprint density at radius 2 is 1.91 bits per heavy atom. The van der Waals surface area contributed by atoms with Gasteiger partial charge in [-0.25, -0.2) is 14.2 Å². The molecule has 2 saturated heterocycles. The van der Waals surface area contributed by atoms with Crippen molar-refractivity contribution in [1.82, 2.24) is 10.2 Å². The van der Waals surface area contributed by atoms with Gasteiger partial charge in [-0.3, -0.25) is 4.79 Å². The van der Waals surface area contributed by atoms with E-state index in [0.717, 1.165) is 12.8 Å². The van der Waals surface area contributed by atoms with Crippen LogP contribution in [0.1, 0.15) is 12.8 Å². The number of aliphatic imine (C=N–C) groups is 1. The summed E-state index contributed by atoms with van der Waals surface area (Å²) in [5.41, 5.74) is 17.7. The number of nitrogens with zero attached hydrogens (tertiary/aromatic N) is 2. The third-order valence-corrected chi connectivity index (χ3v) is 5.56. The Morgan fingerprint density at radius 1 is 1.25 bits per heavy atom. The third-order valence-electron chi connectivity index (χ3n) is 5.56. The zero-order chi connectivity index (χ0) is 23.1. The molecule has 0 bridgehead atoms. The maximum absolute atomic E-state index is 13.1. The van der Waals surface area contributed by atoms with Crippen molar-refractivity contribution in [2.24, 2.45) is 28.1 Å². The van der Waals surface area contributed by atoms with Crippen LogP contribution >= 0.6 is 0 Å². The topological polar surface area (TPSA) is 158 Å². The van der Waals surface area contributed by atoms with E-state index in [4.69, 9.17) is 26.7 Å². The van der Waals surface area contributed by atoms with Gasteiger partial charge < -0.3 is 36.9 Å². The summed E-state index contributed by atoms with van der Waals surface area (Å²) in [6.45, 7) is 2.31. The fourth-order valence-corrected chi connectivity index (χ4v) is 3.56. The molecule has 32 heavy (non-hydrogen) atoms. The van der Waals surface area contributed by atoms with Crippen LogP contribution in [0, 0.1) is 11.7 Å². The number of amides is 2. The van der Waals surface area contributed by atoms with E-state index in [1.165, 1.54) is 30.5 Å². The molecule has 2 aliphatic rings. The van der Waals surface area contributed by atoms with Gasteiger partial charge in [0.1, 0.15) is 11.7 Å². The average Bonchev–Trinajstić information content (AvgIpc) is 2.75. The van der Waals surface area contributed by atoms with Crippen molar-refractivity contribution in [2.45, 2.75) is 25.0 Å². The van der Waals surface area contributed by atoms with Gasteiger partial charge in [0.2, 0.25) is 0 Å². The Bertz CT molecular complexity index is 864. The third kappa shape index (κ3) is 6.17. The van der Waals surface area contributed by atoms with E-state index in [1.807, 2.05) is 0 Å². The van der Waals surface area contributed by atoms with Crippen LogP contribution in [0.5, 0.6) is 0 Å². The molecule has 3 rings (SSSR count). The molecule has 1 aromatic carbocycles. The highest BCUT2D eigenvalue weighted by Crippen LogP contribution is 2.22. The van der Waals surface area contributed by atoms with E-state index in [1.54, 1.807) is 4.90 Å². The van der Waals surface area contributed by atoms with E-state index < -0.39 is 11.7 Å². The molecule has 0 aliphatic carbocycles. The van der Waals surface area contributed by atoms with Gasteiger partial charge in [0.15, 0.2) is 6.10 Å². The Morgan fingerprint density at radius 3 is 2.44 bits per heavy atom. The second-order valence-corrected chi connectivity index (χ2v) is 7.77. The maximum Gasteiger partial charge on any atom is 0.410 e. The number of benzene rings is 1. The van der Waals surface area contributed by atoms with Gasteiger partial charge in [-0.2, -0.15) is 0 Å². The number of likely N-dealkylation sites (tertiary alicyclic amines) is 1. The van der Waals surface area contributed by atoms with Gasteiger partial charge in [-0.1, -0.05) is 0 Å². The second kappa shape index (κ2) is 10.9. The van der Waals surface area contributed by atoms with Crippen molar-refractivity contribution < 1.29 is 23.5 Å². The predicted octanol–water partition coefficient (Wildman–Crippen LogP) is 0.348. The van der Waals surface area contributed by atoms with Crippen LogP contribution in [-0.4, -0.2) is 67.7 Å². The number of hydrogen-bond donors (Lipinski definition) is 4. The number of ether oxygens (including phenoxy) is 2. The summed E-state index contributed by atoms with van der Waals surface area (Å²) in [5.74, 6) is -1.08. The zero-order valence-electron chi connectivity index (χ0n) is 17.7. The van der Waals surface area contributed by atoms with Crippen molar-refractivity contribution in [3.8, 4) is 0 Å². The first-order valence-corrected chi connectivity index (χ1v) is 10.5. The Balaban J connectivity index is 1.58. The van der Waals surface area contributed by atoms with E-state index >= 15 is 0 Å². The minimum absolute atomic E-state index is 0.00324. The SMILES string of the molecule is NC[C@H](N/C=C(/C(N)=O)C(N)=Nc1ccc(F)cc1)C1CCN(C(=O)OC2COC2)CC1. The van der Waals surface area contributed by atoms with Gasteiger partial charge in [0.05, 0.1) is 24.5 Å². The van der Waals surface area contributed by atoms with Gasteiger partial charge in [-0.15, -0.1) is 0 Å². The standard InChI is InChI=1S/C21H29FN6O4/c22-14-1-3-15(4-2-14)27-19(24)17(20(25)29)10-26-18(9-23)13-5-7-28(8-6-13)21(30)32-16-11-31-12-16/h1-4,10,13,16,18,26H,5-9,11-12,23H2,(H2,24,27)(H2,25,29)/b17-10+/t18-/m0/s1. The molecule has 2 amide bonds. The molecule has 10 nitrogen and oxygen atoms in total. The van der Waals surface area contributed by atoms with Crippen LogP contribution in [0.25, 0.3) is 0 Å². The first-order valence-electron chi connectivity index (χ1n) is 10.5. The average molecular weight is 448 g/mol. The number of amidine groups is 1. The van der Waals surface area contributed by atoms with E-state index in [0.29, 0.717) is 38.5 Å². The minimum atomic E-state index is -0.755. The fraction of sp³-hybridized carbons (Fsp3) is 0.476. The van der Waals surface area contributed by atoms with Gasteiger partial charge >= 0.3 is 6.09 Å². The van der Waals surface area contributed by atoms with Crippen molar-refractivity contribution in [3.05, 3.63) is 41.9 Å². The fourth-order valence-electron chi connectivity index (χ4n) is 3.56. The molecule has 2 heterocycles. The second-order valence-electron chi connectivity index (χ2n) is 7.77. The molecule has 0 radical (unpaired) electrons. The molecule has 0 saturated carbocycles. The van der Waals surface area contributed by atoms with E-state index in [-0.39, 0.29) is 35.6 Å². The summed E-state index contributed by atoms with van der Waals surface area (Å²) >= 11 is 0. The lowest BCUT2D eigenvalue weighted by atomic mass is 9.89. The number of halogens is 1. The van der Waals surface area contributed by atoms with Crippen molar-refractivity contribution in [2.75, 3.05) is 32.8 Å². The van der Waals surface area contributed by atoms with Gasteiger partial charge in [0.25, 0.3) is 5.91 Å². The summed E-state index contributed by atoms with van der Waals surface area (Å²) in [6, 6.07) is 5.21. The molecule has 2 fully saturated rings. The van der Waals surface area contributed by atoms with Crippen molar-refractivity contribution in [1.29, 1.82) is 0 Å². The van der Waals surface area contributed by atoms with Crippen LogP contribution in [-0.2, 0) is 14.3 Å². The lowest BCUT2D eigenvalue weighted by Crippen LogP contribution is -2.49. The summed E-state index contributed by atoms with van der Waals surface area (Å²) < 4.78 is 23.4. The predicted molar refractivity (Wildman–Crippen MR) is 116 cm³/mol. The van der Waals surface area contributed by atoms with Crippen LogP contribution < -0.4 is 22.5 Å². The lowest BCUT2D eigenvalue weighted by molar-refractivity contribution is -0.114. The quantitative estimate of drug-likeness (QED) is 0.254. The number of primary amides is 1. The number of carbonyl (C=O) groups excluding carboxylic acids is 2. The van der Waals surface area contributed by atoms with E-state index in [9.17, 15) is 14.0 Å². The molecule has 0 aromatic heterocycles. The number of hydrogen-bond acceptors (Lipinski definition) is 7. The van der Waals surface area contributed by atoms with Crippen LogP contribution in [0.3, 0.4) is 0 Å². The van der Waals surface area contributed by atoms with Gasteiger partial charge in [-0.05, 0) is 43.0 Å². The minimum Gasteiger partial charge on any atom is -0.441 e. The number of piperidine rings is 1. The molecule has 11 heteroatoms. The normalized spacial score (nSPS) is 19.2. The molecule has 1 atom stereocenters. The monoisotopic (exact) mass is 448 g/mol. The van der Waals surface area contributed by atoms with Crippen molar-refractivity contribution in [3.63, 3.8) is 0 Å². The molecule has 1 aromatic rings. The highest BCUT2D eigenvalue weighted by atomic mass is 19.1. The number of nitrogens with two attached hydrogens (primary N) is 3. The highest BCUT2D eigenvalue weighted by molar-refractivity contribution is 6.20. The number of nitrogens with one attached hydrogen (secondary N) is 1. The summed E-state index contributed by atoms with van der Waals surface area (Å²) in [5, 5.41) is 3.13. The molecule has 0 unspecified atom stereocenters. The lowest BCUT2D eigenvalue weighted by Gasteiger charge is -2.36. The van der Waals surface area contributed by atoms with Crippen LogP contribution in [0.4, 0.5) is 14.9 Å².